The smallest absolute Gasteiger partial charge is 0.189 e. The fourth-order valence-corrected chi connectivity index (χ4v) is 2.16. The number of nitrogens with zero attached hydrogens (tertiary/aromatic N) is 2. The van der Waals surface area contributed by atoms with Gasteiger partial charge in [-0.3, -0.25) is 0 Å². The zero-order valence-electron chi connectivity index (χ0n) is 11.4. The minimum absolute atomic E-state index is 0.0726. The zero-order chi connectivity index (χ0) is 13.2. The standard InChI is InChI=1S/C13H22N4O/c1-13(2,3)16-12(14)15-8-10-9-6-4-5-7-11(9)18-17-10/h4-8H2,1-3H3,(H3,14,15,16). The van der Waals surface area contributed by atoms with Crippen molar-refractivity contribution in [3.05, 3.63) is 17.0 Å². The molecule has 0 atom stereocenters. The third-order valence-electron chi connectivity index (χ3n) is 2.93. The van der Waals surface area contributed by atoms with E-state index < -0.39 is 0 Å². The van der Waals surface area contributed by atoms with Crippen LogP contribution in [-0.4, -0.2) is 16.7 Å². The molecule has 5 heteroatoms. The molecule has 0 aromatic carbocycles. The topological polar surface area (TPSA) is 76.4 Å². The average Bonchev–Trinajstić information content (AvgIpc) is 2.67. The molecule has 0 amide bonds. The molecule has 0 unspecified atom stereocenters. The summed E-state index contributed by atoms with van der Waals surface area (Å²) in [7, 11) is 0. The second-order valence-electron chi connectivity index (χ2n) is 5.81. The first-order chi connectivity index (χ1) is 8.46. The summed E-state index contributed by atoms with van der Waals surface area (Å²) in [4.78, 5) is 4.32. The molecule has 0 bridgehead atoms. The molecule has 0 saturated carbocycles. The fourth-order valence-electron chi connectivity index (χ4n) is 2.16. The van der Waals surface area contributed by atoms with Crippen LogP contribution in [0.2, 0.25) is 0 Å². The van der Waals surface area contributed by atoms with E-state index >= 15 is 0 Å². The maximum atomic E-state index is 5.83. The van der Waals surface area contributed by atoms with Gasteiger partial charge in [-0.05, 0) is 40.0 Å². The summed E-state index contributed by atoms with van der Waals surface area (Å²) in [5.41, 5.74) is 7.94. The molecule has 100 valence electrons. The monoisotopic (exact) mass is 250 g/mol. The van der Waals surface area contributed by atoms with Gasteiger partial charge in [0.25, 0.3) is 0 Å². The number of aromatic nitrogens is 1. The first-order valence-corrected chi connectivity index (χ1v) is 6.50. The molecule has 0 saturated heterocycles. The number of nitrogens with one attached hydrogen (secondary N) is 1. The second kappa shape index (κ2) is 5.00. The summed E-state index contributed by atoms with van der Waals surface area (Å²) in [6.07, 6.45) is 4.46. The maximum absolute atomic E-state index is 5.83. The van der Waals surface area contributed by atoms with Gasteiger partial charge in [-0.25, -0.2) is 4.99 Å². The van der Waals surface area contributed by atoms with Crippen molar-refractivity contribution in [1.82, 2.24) is 10.5 Å². The number of aryl methyl sites for hydroxylation is 1. The van der Waals surface area contributed by atoms with Crippen LogP contribution in [0.5, 0.6) is 0 Å². The molecule has 3 N–H and O–H groups in total. The van der Waals surface area contributed by atoms with Gasteiger partial charge < -0.3 is 15.6 Å². The molecule has 1 aromatic heterocycles. The Morgan fingerprint density at radius 3 is 2.83 bits per heavy atom. The van der Waals surface area contributed by atoms with Crippen molar-refractivity contribution in [2.45, 2.75) is 58.5 Å². The van der Waals surface area contributed by atoms with Crippen LogP contribution in [0.25, 0.3) is 0 Å². The molecule has 5 nitrogen and oxygen atoms in total. The molecule has 1 heterocycles. The number of guanidine groups is 1. The highest BCUT2D eigenvalue weighted by molar-refractivity contribution is 5.78. The van der Waals surface area contributed by atoms with Crippen molar-refractivity contribution >= 4 is 5.96 Å². The van der Waals surface area contributed by atoms with Crippen LogP contribution < -0.4 is 11.1 Å². The van der Waals surface area contributed by atoms with E-state index in [0.29, 0.717) is 12.5 Å². The first kappa shape index (κ1) is 12.9. The summed E-state index contributed by atoms with van der Waals surface area (Å²) in [6.45, 7) is 6.64. The van der Waals surface area contributed by atoms with Crippen molar-refractivity contribution in [2.24, 2.45) is 10.7 Å². The van der Waals surface area contributed by atoms with Gasteiger partial charge in [-0.2, -0.15) is 0 Å². The molecule has 0 radical (unpaired) electrons. The molecule has 1 aliphatic carbocycles. The predicted octanol–water partition coefficient (Wildman–Crippen LogP) is 1.76. The van der Waals surface area contributed by atoms with Crippen molar-refractivity contribution in [3.8, 4) is 0 Å². The summed E-state index contributed by atoms with van der Waals surface area (Å²) in [5, 5.41) is 7.23. The predicted molar refractivity (Wildman–Crippen MR) is 71.4 cm³/mol. The van der Waals surface area contributed by atoms with Crippen LogP contribution in [-0.2, 0) is 19.4 Å². The molecular formula is C13H22N4O. The Kier molecular flexibility index (Phi) is 3.59. The minimum Gasteiger partial charge on any atom is -0.370 e. The molecular weight excluding hydrogens is 228 g/mol. The van der Waals surface area contributed by atoms with Crippen molar-refractivity contribution in [2.75, 3.05) is 0 Å². The zero-order valence-corrected chi connectivity index (χ0v) is 11.4. The number of nitrogens with two attached hydrogens (primary N) is 1. The average molecular weight is 250 g/mol. The molecule has 0 spiro atoms. The van der Waals surface area contributed by atoms with Gasteiger partial charge in [-0.15, -0.1) is 0 Å². The van der Waals surface area contributed by atoms with Crippen molar-refractivity contribution < 1.29 is 4.52 Å². The van der Waals surface area contributed by atoms with Crippen molar-refractivity contribution in [3.63, 3.8) is 0 Å². The summed E-state index contributed by atoms with van der Waals surface area (Å²) in [6, 6.07) is 0. The highest BCUT2D eigenvalue weighted by atomic mass is 16.5. The van der Waals surface area contributed by atoms with Crippen LogP contribution in [0.3, 0.4) is 0 Å². The van der Waals surface area contributed by atoms with Gasteiger partial charge in [0, 0.05) is 17.5 Å². The van der Waals surface area contributed by atoms with Crippen LogP contribution in [0.15, 0.2) is 9.52 Å². The quantitative estimate of drug-likeness (QED) is 0.619. The lowest BCUT2D eigenvalue weighted by Gasteiger charge is -2.20. The summed E-state index contributed by atoms with van der Waals surface area (Å²) < 4.78 is 5.34. The number of fused-ring (bicyclic) bond motifs is 1. The van der Waals surface area contributed by atoms with Gasteiger partial charge in [0.15, 0.2) is 5.96 Å². The minimum atomic E-state index is -0.0726. The Hall–Kier alpha value is -1.52. The van der Waals surface area contributed by atoms with E-state index in [1.165, 1.54) is 18.4 Å². The molecule has 0 aliphatic heterocycles. The molecule has 1 aliphatic rings. The van der Waals surface area contributed by atoms with Crippen LogP contribution >= 0.6 is 0 Å². The van der Waals surface area contributed by atoms with E-state index in [4.69, 9.17) is 10.3 Å². The van der Waals surface area contributed by atoms with Crippen LogP contribution in [0.1, 0.15) is 50.6 Å². The Balaban J connectivity index is 2.02. The normalized spacial score (nSPS) is 16.5. The third-order valence-corrected chi connectivity index (χ3v) is 2.93. The maximum Gasteiger partial charge on any atom is 0.189 e. The largest absolute Gasteiger partial charge is 0.370 e. The van der Waals surface area contributed by atoms with Crippen LogP contribution in [0.4, 0.5) is 0 Å². The highest BCUT2D eigenvalue weighted by Crippen LogP contribution is 2.24. The van der Waals surface area contributed by atoms with E-state index in [1.807, 2.05) is 20.8 Å². The van der Waals surface area contributed by atoms with E-state index in [1.54, 1.807) is 0 Å². The second-order valence-corrected chi connectivity index (χ2v) is 5.81. The van der Waals surface area contributed by atoms with Gasteiger partial charge in [0.05, 0.1) is 6.54 Å². The highest BCUT2D eigenvalue weighted by Gasteiger charge is 2.19. The Bertz CT molecular complexity index is 442. The van der Waals surface area contributed by atoms with E-state index in [0.717, 1.165) is 24.3 Å². The fraction of sp³-hybridized carbons (Fsp3) is 0.692. The third kappa shape index (κ3) is 3.24. The lowest BCUT2D eigenvalue weighted by atomic mass is 9.96. The Labute approximate surface area is 108 Å². The van der Waals surface area contributed by atoms with E-state index in [-0.39, 0.29) is 5.54 Å². The number of hydrogen-bond acceptors (Lipinski definition) is 3. The van der Waals surface area contributed by atoms with E-state index in [9.17, 15) is 0 Å². The molecule has 2 rings (SSSR count). The summed E-state index contributed by atoms with van der Waals surface area (Å²) in [5.74, 6) is 1.49. The molecule has 18 heavy (non-hydrogen) atoms. The number of aliphatic imine (C=N–C) groups is 1. The van der Waals surface area contributed by atoms with E-state index in [2.05, 4.69) is 15.5 Å². The van der Waals surface area contributed by atoms with Gasteiger partial charge in [-0.1, -0.05) is 5.16 Å². The van der Waals surface area contributed by atoms with Crippen LogP contribution in [0, 0.1) is 0 Å². The lowest BCUT2D eigenvalue weighted by molar-refractivity contribution is 0.368. The van der Waals surface area contributed by atoms with Crippen molar-refractivity contribution in [1.29, 1.82) is 0 Å². The number of hydrogen-bond donors (Lipinski definition) is 2. The van der Waals surface area contributed by atoms with Gasteiger partial charge >= 0.3 is 0 Å². The SMILES string of the molecule is CC(C)(C)NC(N)=NCc1noc2c1CCCC2. The summed E-state index contributed by atoms with van der Waals surface area (Å²) >= 11 is 0. The van der Waals surface area contributed by atoms with Gasteiger partial charge in [0.2, 0.25) is 0 Å². The van der Waals surface area contributed by atoms with Gasteiger partial charge in [0.1, 0.15) is 11.5 Å². The first-order valence-electron chi connectivity index (χ1n) is 6.50. The number of rotatable bonds is 2. The Morgan fingerprint density at radius 2 is 2.11 bits per heavy atom. The molecule has 0 fully saturated rings. The Morgan fingerprint density at radius 1 is 1.39 bits per heavy atom. The molecule has 1 aromatic rings. The lowest BCUT2D eigenvalue weighted by Crippen LogP contribution is -2.45.